The Labute approximate surface area is 159 Å². The smallest absolute Gasteiger partial charge is 0.242 e. The molecule has 0 saturated heterocycles. The van der Waals surface area contributed by atoms with Gasteiger partial charge in [0.15, 0.2) is 0 Å². The minimum Gasteiger partial charge on any atom is -0.489 e. The summed E-state index contributed by atoms with van der Waals surface area (Å²) in [6.45, 7) is 8.78. The molecule has 0 aliphatic carbocycles. The van der Waals surface area contributed by atoms with Crippen molar-refractivity contribution in [3.63, 3.8) is 0 Å². The first-order chi connectivity index (χ1) is 13.0. The van der Waals surface area contributed by atoms with E-state index in [1.165, 1.54) is 0 Å². The summed E-state index contributed by atoms with van der Waals surface area (Å²) < 4.78 is 7.78. The molecule has 0 bridgehead atoms. The number of hydrogen-bond acceptors (Lipinski definition) is 4. The molecule has 0 spiro atoms. The average Bonchev–Trinajstić information content (AvgIpc) is 3.14. The highest BCUT2D eigenvalue weighted by molar-refractivity contribution is 5.84. The summed E-state index contributed by atoms with van der Waals surface area (Å²) in [7, 11) is 0. The van der Waals surface area contributed by atoms with Gasteiger partial charge in [-0.3, -0.25) is 4.79 Å². The molecule has 2 heterocycles. The fourth-order valence-corrected chi connectivity index (χ4v) is 3.04. The number of nitrogens with one attached hydrogen (secondary N) is 1. The molecule has 0 saturated carbocycles. The number of rotatable bonds is 7. The highest BCUT2D eigenvalue weighted by atomic mass is 16.5. The van der Waals surface area contributed by atoms with Gasteiger partial charge in [0.2, 0.25) is 5.91 Å². The van der Waals surface area contributed by atoms with Gasteiger partial charge in [0.05, 0.1) is 6.54 Å². The number of carbonyl (C=O) groups is 1. The van der Waals surface area contributed by atoms with Gasteiger partial charge in [-0.1, -0.05) is 32.0 Å². The fraction of sp³-hybridized carbons (Fsp3) is 0.381. The van der Waals surface area contributed by atoms with Gasteiger partial charge in [-0.2, -0.15) is 0 Å². The van der Waals surface area contributed by atoms with Crippen molar-refractivity contribution in [2.45, 2.75) is 39.7 Å². The Morgan fingerprint density at radius 1 is 1.22 bits per heavy atom. The van der Waals surface area contributed by atoms with E-state index >= 15 is 0 Å². The zero-order valence-electron chi connectivity index (χ0n) is 16.3. The van der Waals surface area contributed by atoms with Crippen molar-refractivity contribution in [1.82, 2.24) is 19.9 Å². The van der Waals surface area contributed by atoms with Crippen LogP contribution >= 0.6 is 0 Å². The third-order valence-corrected chi connectivity index (χ3v) is 4.49. The third kappa shape index (κ3) is 4.27. The number of aromatic nitrogens is 3. The standard InChI is InChI=1S/C21H26N4O2/c1-14(2)20-22-10-12-25(20)16(4)21(26)23-11-13-27-18-7-5-6-17-9-8-15(3)24-19(17)18/h5-10,12,14,16H,11,13H2,1-4H3,(H,23,26). The Balaban J connectivity index is 1.57. The van der Waals surface area contributed by atoms with Crippen LogP contribution in [-0.4, -0.2) is 33.6 Å². The van der Waals surface area contributed by atoms with Crippen LogP contribution in [0.4, 0.5) is 0 Å². The lowest BCUT2D eigenvalue weighted by molar-refractivity contribution is -0.124. The van der Waals surface area contributed by atoms with Gasteiger partial charge in [0.1, 0.15) is 29.7 Å². The SMILES string of the molecule is Cc1ccc2cccc(OCCNC(=O)C(C)n3ccnc3C(C)C)c2n1. The average molecular weight is 366 g/mol. The van der Waals surface area contributed by atoms with Crippen LogP contribution in [0.1, 0.15) is 44.2 Å². The van der Waals surface area contributed by atoms with Gasteiger partial charge in [-0.25, -0.2) is 9.97 Å². The lowest BCUT2D eigenvalue weighted by Gasteiger charge is -2.18. The number of nitrogens with zero attached hydrogens (tertiary/aromatic N) is 3. The number of ether oxygens (including phenoxy) is 1. The zero-order valence-corrected chi connectivity index (χ0v) is 16.3. The first-order valence-electron chi connectivity index (χ1n) is 9.27. The van der Waals surface area contributed by atoms with Crippen LogP contribution in [0.3, 0.4) is 0 Å². The summed E-state index contributed by atoms with van der Waals surface area (Å²) >= 11 is 0. The molecule has 0 aliphatic heterocycles. The number of carbonyl (C=O) groups excluding carboxylic acids is 1. The molecular weight excluding hydrogens is 340 g/mol. The molecule has 1 N–H and O–H groups in total. The second-order valence-electron chi connectivity index (χ2n) is 6.94. The van der Waals surface area contributed by atoms with E-state index in [1.54, 1.807) is 6.20 Å². The number of hydrogen-bond donors (Lipinski definition) is 1. The maximum absolute atomic E-state index is 12.5. The predicted molar refractivity (Wildman–Crippen MR) is 106 cm³/mol. The number of fused-ring (bicyclic) bond motifs is 1. The van der Waals surface area contributed by atoms with Crippen LogP contribution in [0.25, 0.3) is 10.9 Å². The normalized spacial score (nSPS) is 12.3. The summed E-state index contributed by atoms with van der Waals surface area (Å²) in [5, 5.41) is 3.97. The number of benzene rings is 1. The fourth-order valence-electron chi connectivity index (χ4n) is 3.04. The summed E-state index contributed by atoms with van der Waals surface area (Å²) in [4.78, 5) is 21.4. The molecule has 3 aromatic rings. The first-order valence-corrected chi connectivity index (χ1v) is 9.27. The van der Waals surface area contributed by atoms with Crippen molar-refractivity contribution < 1.29 is 9.53 Å². The Morgan fingerprint density at radius 3 is 2.81 bits per heavy atom. The van der Waals surface area contributed by atoms with E-state index in [1.807, 2.05) is 54.9 Å². The second kappa shape index (κ2) is 8.20. The van der Waals surface area contributed by atoms with E-state index in [9.17, 15) is 4.79 Å². The first kappa shape index (κ1) is 18.9. The van der Waals surface area contributed by atoms with Gasteiger partial charge in [0.25, 0.3) is 0 Å². The van der Waals surface area contributed by atoms with E-state index in [4.69, 9.17) is 4.74 Å². The number of para-hydroxylation sites is 1. The minimum absolute atomic E-state index is 0.0506. The van der Waals surface area contributed by atoms with Gasteiger partial charge < -0.3 is 14.6 Å². The molecule has 27 heavy (non-hydrogen) atoms. The maximum Gasteiger partial charge on any atom is 0.242 e. The number of pyridine rings is 1. The molecule has 1 unspecified atom stereocenters. The largest absolute Gasteiger partial charge is 0.489 e. The minimum atomic E-state index is -0.313. The van der Waals surface area contributed by atoms with Crippen LogP contribution in [0, 0.1) is 6.92 Å². The Morgan fingerprint density at radius 2 is 2.04 bits per heavy atom. The molecule has 0 aliphatic rings. The van der Waals surface area contributed by atoms with Crippen molar-refractivity contribution in [3.05, 3.63) is 54.2 Å². The number of amides is 1. The molecule has 6 nitrogen and oxygen atoms in total. The van der Waals surface area contributed by atoms with Crippen LogP contribution in [0.15, 0.2) is 42.7 Å². The quantitative estimate of drug-likeness (QED) is 0.649. The lowest BCUT2D eigenvalue weighted by Crippen LogP contribution is -2.34. The molecule has 1 aromatic carbocycles. The van der Waals surface area contributed by atoms with Crippen molar-refractivity contribution in [3.8, 4) is 5.75 Å². The topological polar surface area (TPSA) is 69.0 Å². The number of imidazole rings is 1. The summed E-state index contributed by atoms with van der Waals surface area (Å²) in [5.74, 6) is 1.85. The molecule has 0 fully saturated rings. The molecule has 1 atom stereocenters. The zero-order chi connectivity index (χ0) is 19.4. The summed E-state index contributed by atoms with van der Waals surface area (Å²) in [6.07, 6.45) is 3.58. The molecule has 142 valence electrons. The van der Waals surface area contributed by atoms with Crippen LogP contribution in [0.5, 0.6) is 5.75 Å². The van der Waals surface area contributed by atoms with Gasteiger partial charge in [-0.05, 0) is 26.0 Å². The highest BCUT2D eigenvalue weighted by Gasteiger charge is 2.18. The van der Waals surface area contributed by atoms with Gasteiger partial charge >= 0.3 is 0 Å². The molecule has 2 aromatic heterocycles. The second-order valence-corrected chi connectivity index (χ2v) is 6.94. The molecule has 3 rings (SSSR count). The maximum atomic E-state index is 12.5. The van der Waals surface area contributed by atoms with Crippen molar-refractivity contribution in [2.75, 3.05) is 13.2 Å². The lowest BCUT2D eigenvalue weighted by atomic mass is 10.2. The molecule has 6 heteroatoms. The Bertz CT molecular complexity index is 933. The van der Waals surface area contributed by atoms with Crippen LogP contribution in [0.2, 0.25) is 0 Å². The summed E-state index contributed by atoms with van der Waals surface area (Å²) in [5.41, 5.74) is 1.79. The highest BCUT2D eigenvalue weighted by Crippen LogP contribution is 2.23. The van der Waals surface area contributed by atoms with Crippen molar-refractivity contribution in [1.29, 1.82) is 0 Å². The Kier molecular flexibility index (Phi) is 5.74. The van der Waals surface area contributed by atoms with Crippen LogP contribution in [-0.2, 0) is 4.79 Å². The van der Waals surface area contributed by atoms with E-state index < -0.39 is 0 Å². The predicted octanol–water partition coefficient (Wildman–Crippen LogP) is 3.62. The molecule has 1 amide bonds. The van der Waals surface area contributed by atoms with Gasteiger partial charge in [-0.15, -0.1) is 0 Å². The summed E-state index contributed by atoms with van der Waals surface area (Å²) in [6, 6.07) is 9.56. The van der Waals surface area contributed by atoms with E-state index in [0.717, 1.165) is 28.2 Å². The molecular formula is C21H26N4O2. The third-order valence-electron chi connectivity index (χ3n) is 4.49. The monoisotopic (exact) mass is 366 g/mol. The van der Waals surface area contributed by atoms with E-state index in [0.29, 0.717) is 13.2 Å². The Hall–Kier alpha value is -2.89. The van der Waals surface area contributed by atoms with Crippen LogP contribution < -0.4 is 10.1 Å². The number of aryl methyl sites for hydroxylation is 1. The van der Waals surface area contributed by atoms with Crippen molar-refractivity contribution in [2.24, 2.45) is 0 Å². The van der Waals surface area contributed by atoms with E-state index in [-0.39, 0.29) is 17.9 Å². The van der Waals surface area contributed by atoms with E-state index in [2.05, 4.69) is 29.1 Å². The van der Waals surface area contributed by atoms with Crippen molar-refractivity contribution >= 4 is 16.8 Å². The molecule has 0 radical (unpaired) electrons. The van der Waals surface area contributed by atoms with Gasteiger partial charge in [0, 0.05) is 29.4 Å².